The first-order chi connectivity index (χ1) is 18.7. The molecule has 1 aromatic heterocycles. The molecule has 4 aromatic rings. The summed E-state index contributed by atoms with van der Waals surface area (Å²) < 4.78 is 5.34. The summed E-state index contributed by atoms with van der Waals surface area (Å²) in [6.45, 7) is 7.55. The number of carbonyl (C=O) groups is 2. The van der Waals surface area contributed by atoms with Crippen molar-refractivity contribution in [2.45, 2.75) is 46.3 Å². The fourth-order valence-electron chi connectivity index (χ4n) is 5.37. The van der Waals surface area contributed by atoms with Gasteiger partial charge in [-0.15, -0.1) is 0 Å². The molecule has 0 fully saturated rings. The van der Waals surface area contributed by atoms with Gasteiger partial charge in [0.1, 0.15) is 18.5 Å². The van der Waals surface area contributed by atoms with Gasteiger partial charge in [-0.1, -0.05) is 65.3 Å². The van der Waals surface area contributed by atoms with Crippen LogP contribution < -0.4 is 15.5 Å². The zero-order valence-corrected chi connectivity index (χ0v) is 22.5. The maximum absolute atomic E-state index is 13.4. The molecule has 1 aliphatic rings. The van der Waals surface area contributed by atoms with E-state index in [0.717, 1.165) is 39.2 Å². The zero-order chi connectivity index (χ0) is 27.7. The van der Waals surface area contributed by atoms with Crippen LogP contribution in [0.2, 0.25) is 0 Å². The number of aryl methyl sites for hydroxylation is 4. The Morgan fingerprint density at radius 3 is 2.49 bits per heavy atom. The summed E-state index contributed by atoms with van der Waals surface area (Å²) in [5, 5.41) is 20.3. The number of carbonyl (C=O) groups excluding carboxylic acids is 1. The summed E-state index contributed by atoms with van der Waals surface area (Å²) in [7, 11) is 0. The predicted octanol–water partition coefficient (Wildman–Crippen LogP) is 5.37. The molecule has 2 heterocycles. The minimum absolute atomic E-state index is 0.123. The number of rotatable bonds is 8. The van der Waals surface area contributed by atoms with Crippen molar-refractivity contribution in [2.24, 2.45) is 0 Å². The third kappa shape index (κ3) is 5.36. The Bertz CT molecular complexity index is 1510. The molecule has 5 rings (SSSR count). The topological polar surface area (TPSA) is 108 Å². The van der Waals surface area contributed by atoms with E-state index in [2.05, 4.69) is 47.8 Å². The van der Waals surface area contributed by atoms with E-state index in [1.165, 1.54) is 5.56 Å². The number of amides is 1. The van der Waals surface area contributed by atoms with Gasteiger partial charge in [0.25, 0.3) is 0 Å². The predicted molar refractivity (Wildman–Crippen MR) is 150 cm³/mol. The number of anilines is 2. The van der Waals surface area contributed by atoms with Crippen molar-refractivity contribution in [3.63, 3.8) is 0 Å². The average Bonchev–Trinajstić information content (AvgIpc) is 3.41. The second kappa shape index (κ2) is 10.6. The van der Waals surface area contributed by atoms with E-state index in [9.17, 15) is 14.7 Å². The van der Waals surface area contributed by atoms with Crippen molar-refractivity contribution in [1.29, 1.82) is 0 Å². The average molecular weight is 525 g/mol. The molecule has 0 bridgehead atoms. The summed E-state index contributed by atoms with van der Waals surface area (Å²) in [5.41, 5.74) is 8.15. The number of hydrogen-bond donors (Lipinski definition) is 3. The second-order valence-electron chi connectivity index (χ2n) is 10.1. The van der Waals surface area contributed by atoms with Crippen molar-refractivity contribution in [1.82, 2.24) is 10.5 Å². The fraction of sp³-hybridized carbons (Fsp3) is 0.258. The van der Waals surface area contributed by atoms with Crippen LogP contribution in [0.4, 0.5) is 11.4 Å². The number of aromatic nitrogens is 1. The number of nitrogens with one attached hydrogen (secondary N) is 2. The van der Waals surface area contributed by atoms with E-state index >= 15 is 0 Å². The Hall–Kier alpha value is -4.59. The van der Waals surface area contributed by atoms with Gasteiger partial charge in [-0.3, -0.25) is 9.59 Å². The number of aliphatic carboxylic acids is 1. The number of benzene rings is 3. The molecule has 0 aliphatic carbocycles. The highest BCUT2D eigenvalue weighted by molar-refractivity contribution is 5.85. The van der Waals surface area contributed by atoms with Crippen LogP contribution in [0.5, 0.6) is 0 Å². The van der Waals surface area contributed by atoms with E-state index in [0.29, 0.717) is 11.5 Å². The normalized spacial score (nSPS) is 15.0. The summed E-state index contributed by atoms with van der Waals surface area (Å²) in [5.74, 6) is -0.448. The molecule has 3 N–H and O–H groups in total. The molecule has 0 saturated carbocycles. The lowest BCUT2D eigenvalue weighted by Gasteiger charge is -2.25. The minimum Gasteiger partial charge on any atom is -0.480 e. The molecular formula is C31H32N4O4. The number of hydrogen-bond acceptors (Lipinski definition) is 6. The van der Waals surface area contributed by atoms with E-state index in [4.69, 9.17) is 4.52 Å². The maximum Gasteiger partial charge on any atom is 0.323 e. The van der Waals surface area contributed by atoms with Crippen LogP contribution in [0.3, 0.4) is 0 Å². The highest BCUT2D eigenvalue weighted by Crippen LogP contribution is 2.43. The van der Waals surface area contributed by atoms with Crippen molar-refractivity contribution in [3.8, 4) is 0 Å². The molecule has 3 aromatic carbocycles. The SMILES string of the molecule is Cc1ccc(C(NC(=O)Cc2ccc3c(c2)N(CC(=O)O)C(c2c(C)noc2C)N3)c2ccccc2)c(C)c1. The monoisotopic (exact) mass is 524 g/mol. The quantitative estimate of drug-likeness (QED) is 0.284. The molecule has 0 saturated heterocycles. The van der Waals surface area contributed by atoms with Crippen LogP contribution in [0.25, 0.3) is 0 Å². The number of carboxylic acid groups (broad SMARTS) is 1. The maximum atomic E-state index is 13.4. The van der Waals surface area contributed by atoms with Crippen LogP contribution in [0.15, 0.2) is 71.3 Å². The van der Waals surface area contributed by atoms with E-state index in [1.54, 1.807) is 4.90 Å². The van der Waals surface area contributed by atoms with Gasteiger partial charge in [0.15, 0.2) is 0 Å². The largest absolute Gasteiger partial charge is 0.480 e. The molecule has 200 valence electrons. The van der Waals surface area contributed by atoms with Crippen LogP contribution in [0, 0.1) is 27.7 Å². The fourth-order valence-corrected chi connectivity index (χ4v) is 5.37. The van der Waals surface area contributed by atoms with Crippen molar-refractivity contribution >= 4 is 23.3 Å². The number of carboxylic acids is 1. The van der Waals surface area contributed by atoms with Gasteiger partial charge in [0.05, 0.1) is 35.1 Å². The summed E-state index contributed by atoms with van der Waals surface area (Å²) in [6, 6.07) is 21.6. The second-order valence-corrected chi connectivity index (χ2v) is 10.1. The lowest BCUT2D eigenvalue weighted by molar-refractivity contribution is -0.135. The lowest BCUT2D eigenvalue weighted by Crippen LogP contribution is -2.33. The Morgan fingerprint density at radius 1 is 1.05 bits per heavy atom. The van der Waals surface area contributed by atoms with E-state index in [-0.39, 0.29) is 24.9 Å². The van der Waals surface area contributed by atoms with Gasteiger partial charge in [-0.05, 0) is 62.1 Å². The third-order valence-corrected chi connectivity index (χ3v) is 7.18. The van der Waals surface area contributed by atoms with Gasteiger partial charge >= 0.3 is 5.97 Å². The van der Waals surface area contributed by atoms with Crippen molar-refractivity contribution in [2.75, 3.05) is 16.8 Å². The molecule has 1 amide bonds. The van der Waals surface area contributed by atoms with Crippen LogP contribution in [-0.2, 0) is 16.0 Å². The minimum atomic E-state index is -0.955. The first-order valence-corrected chi connectivity index (χ1v) is 12.9. The standard InChI is InChI=1S/C31H32N4O4/c1-18-10-12-24(19(2)14-18)30(23-8-6-5-7-9-23)33-27(36)16-22-11-13-25-26(15-22)35(17-28(37)38)31(32-25)29-20(3)34-39-21(29)4/h5-15,30-32H,16-17H2,1-4H3,(H,33,36)(H,37,38). The summed E-state index contributed by atoms with van der Waals surface area (Å²) >= 11 is 0. The smallest absolute Gasteiger partial charge is 0.323 e. The Kier molecular flexibility index (Phi) is 7.11. The molecule has 39 heavy (non-hydrogen) atoms. The highest BCUT2D eigenvalue weighted by atomic mass is 16.5. The molecule has 1 aliphatic heterocycles. The molecule has 2 atom stereocenters. The van der Waals surface area contributed by atoms with Gasteiger partial charge in [-0.2, -0.15) is 0 Å². The van der Waals surface area contributed by atoms with Crippen molar-refractivity contribution in [3.05, 3.63) is 112 Å². The van der Waals surface area contributed by atoms with Crippen LogP contribution >= 0.6 is 0 Å². The lowest BCUT2D eigenvalue weighted by atomic mass is 9.93. The zero-order valence-electron chi connectivity index (χ0n) is 22.5. The molecule has 0 radical (unpaired) electrons. The van der Waals surface area contributed by atoms with Gasteiger partial charge in [-0.25, -0.2) is 0 Å². The van der Waals surface area contributed by atoms with Crippen LogP contribution in [0.1, 0.15) is 57.0 Å². The number of fused-ring (bicyclic) bond motifs is 1. The Labute approximate surface area is 227 Å². The number of nitrogens with zero attached hydrogens (tertiary/aromatic N) is 2. The van der Waals surface area contributed by atoms with Gasteiger partial charge in [0, 0.05) is 0 Å². The summed E-state index contributed by atoms with van der Waals surface area (Å²) in [6.07, 6.45) is -0.281. The first-order valence-electron chi connectivity index (χ1n) is 12.9. The Balaban J connectivity index is 1.41. The van der Waals surface area contributed by atoms with Crippen LogP contribution in [-0.4, -0.2) is 28.7 Å². The Morgan fingerprint density at radius 2 is 1.82 bits per heavy atom. The van der Waals surface area contributed by atoms with E-state index in [1.807, 2.05) is 62.4 Å². The molecule has 0 spiro atoms. The molecular weight excluding hydrogens is 492 g/mol. The molecule has 2 unspecified atom stereocenters. The van der Waals surface area contributed by atoms with E-state index < -0.39 is 12.1 Å². The van der Waals surface area contributed by atoms with Crippen molar-refractivity contribution < 1.29 is 19.2 Å². The third-order valence-electron chi connectivity index (χ3n) is 7.18. The molecule has 8 heteroatoms. The van der Waals surface area contributed by atoms with Gasteiger partial charge < -0.3 is 25.2 Å². The summed E-state index contributed by atoms with van der Waals surface area (Å²) in [4.78, 5) is 26.9. The molecule has 8 nitrogen and oxygen atoms in total. The highest BCUT2D eigenvalue weighted by Gasteiger charge is 2.35. The first kappa shape index (κ1) is 26.0. The van der Waals surface area contributed by atoms with Gasteiger partial charge in [0.2, 0.25) is 5.91 Å².